The van der Waals surface area contributed by atoms with Gasteiger partial charge in [-0.1, -0.05) is 13.5 Å². The molecule has 2 atom stereocenters. The standard InChI is InChI=1S/C13H34O5Si3.C4H6O2/c1-9-10-16-13(2,12(15)11-14)19(17-20(3,4)5)18-21(6,7)8;1-3(2)4(5)6/h12,14-15,19H,9-11H2,1-8H3;1H2,2H3,(H,5,6). The van der Waals surface area contributed by atoms with E-state index in [4.69, 9.17) is 18.1 Å². The Hall–Kier alpha value is -0.339. The molecule has 27 heavy (non-hydrogen) atoms. The van der Waals surface area contributed by atoms with E-state index in [9.17, 15) is 15.0 Å². The highest BCUT2D eigenvalue weighted by Gasteiger charge is 2.49. The summed E-state index contributed by atoms with van der Waals surface area (Å²) < 4.78 is 18.5. The molecule has 0 heterocycles. The Bertz CT molecular complexity index is 432. The minimum Gasteiger partial charge on any atom is -0.478 e. The predicted octanol–water partition coefficient (Wildman–Crippen LogP) is 2.63. The molecule has 3 N–H and O–H groups in total. The fourth-order valence-corrected chi connectivity index (χ4v) is 10.0. The van der Waals surface area contributed by atoms with Crippen LogP contribution in [0.25, 0.3) is 0 Å². The van der Waals surface area contributed by atoms with E-state index in [2.05, 4.69) is 45.9 Å². The first-order chi connectivity index (χ1) is 12.0. The summed E-state index contributed by atoms with van der Waals surface area (Å²) in [5.74, 6) is -0.935. The summed E-state index contributed by atoms with van der Waals surface area (Å²) in [5.41, 5.74) is 0.176. The van der Waals surface area contributed by atoms with Gasteiger partial charge in [0.05, 0.1) is 6.61 Å². The van der Waals surface area contributed by atoms with Gasteiger partial charge in [0.1, 0.15) is 11.3 Å². The van der Waals surface area contributed by atoms with Crippen molar-refractivity contribution in [3.63, 3.8) is 0 Å². The normalized spacial score (nSPS) is 15.6. The van der Waals surface area contributed by atoms with Crippen LogP contribution in [0.15, 0.2) is 12.2 Å². The zero-order valence-electron chi connectivity index (χ0n) is 18.5. The third kappa shape index (κ3) is 13.5. The van der Waals surface area contributed by atoms with Gasteiger partial charge >= 0.3 is 15.3 Å². The number of carbonyl (C=O) groups is 1. The van der Waals surface area contributed by atoms with Gasteiger partial charge in [-0.25, -0.2) is 4.79 Å². The average molecular weight is 441 g/mol. The molecular weight excluding hydrogens is 400 g/mol. The van der Waals surface area contributed by atoms with E-state index in [-0.39, 0.29) is 12.2 Å². The van der Waals surface area contributed by atoms with E-state index in [1.165, 1.54) is 6.92 Å². The van der Waals surface area contributed by atoms with E-state index in [0.717, 1.165) is 6.42 Å². The maximum atomic E-state index is 10.3. The predicted molar refractivity (Wildman–Crippen MR) is 116 cm³/mol. The third-order valence-electron chi connectivity index (χ3n) is 3.21. The summed E-state index contributed by atoms with van der Waals surface area (Å²) in [7, 11) is -6.01. The van der Waals surface area contributed by atoms with E-state index < -0.39 is 43.2 Å². The summed E-state index contributed by atoms with van der Waals surface area (Å²) in [6.07, 6.45) is -0.150. The Balaban J connectivity index is 0. The van der Waals surface area contributed by atoms with Gasteiger partial charge in [0.25, 0.3) is 0 Å². The van der Waals surface area contributed by atoms with Gasteiger partial charge in [0, 0.05) is 12.2 Å². The molecule has 7 nitrogen and oxygen atoms in total. The number of ether oxygens (including phenoxy) is 1. The van der Waals surface area contributed by atoms with Crippen LogP contribution in [0.2, 0.25) is 39.3 Å². The largest absolute Gasteiger partial charge is 0.478 e. The minimum atomic E-state index is -2.33. The molecular formula is C17H40O7Si3. The molecule has 162 valence electrons. The lowest BCUT2D eigenvalue weighted by Gasteiger charge is -2.43. The van der Waals surface area contributed by atoms with Crippen molar-refractivity contribution in [2.45, 2.75) is 77.8 Å². The van der Waals surface area contributed by atoms with Crippen LogP contribution in [0.4, 0.5) is 0 Å². The van der Waals surface area contributed by atoms with Crippen LogP contribution < -0.4 is 0 Å². The van der Waals surface area contributed by atoms with Gasteiger partial charge in [-0.3, -0.25) is 0 Å². The first kappa shape index (κ1) is 28.9. The fourth-order valence-electron chi connectivity index (χ4n) is 1.72. The Morgan fingerprint density at radius 1 is 1.15 bits per heavy atom. The Kier molecular flexibility index (Phi) is 13.1. The van der Waals surface area contributed by atoms with Crippen molar-refractivity contribution in [2.24, 2.45) is 0 Å². The molecule has 0 saturated heterocycles. The number of carboxylic acid groups (broad SMARTS) is 1. The number of aliphatic hydroxyl groups excluding tert-OH is 2. The molecule has 0 amide bonds. The number of carboxylic acids is 1. The van der Waals surface area contributed by atoms with Crippen molar-refractivity contribution in [3.05, 3.63) is 12.2 Å². The van der Waals surface area contributed by atoms with E-state index >= 15 is 0 Å². The third-order valence-corrected chi connectivity index (χ3v) is 12.1. The quantitative estimate of drug-likeness (QED) is 0.335. The molecule has 0 bridgehead atoms. The molecule has 2 unspecified atom stereocenters. The molecule has 0 aliphatic heterocycles. The van der Waals surface area contributed by atoms with Crippen LogP contribution in [-0.2, 0) is 17.8 Å². The summed E-state index contributed by atoms with van der Waals surface area (Å²) in [6, 6.07) is 0. The lowest BCUT2D eigenvalue weighted by molar-refractivity contribution is -0.132. The second kappa shape index (κ2) is 12.3. The van der Waals surface area contributed by atoms with E-state index in [1.807, 2.05) is 13.8 Å². The van der Waals surface area contributed by atoms with Crippen molar-refractivity contribution in [3.8, 4) is 0 Å². The first-order valence-corrected chi connectivity index (χ1v) is 17.5. The monoisotopic (exact) mass is 440 g/mol. The van der Waals surface area contributed by atoms with Crippen molar-refractivity contribution < 1.29 is 33.1 Å². The topological polar surface area (TPSA) is 105 Å². The second-order valence-electron chi connectivity index (χ2n) is 8.61. The molecule has 0 fully saturated rings. The van der Waals surface area contributed by atoms with Gasteiger partial charge in [-0.05, 0) is 59.6 Å². The zero-order chi connectivity index (χ0) is 22.1. The van der Waals surface area contributed by atoms with Gasteiger partial charge in [0.2, 0.25) is 0 Å². The summed E-state index contributed by atoms with van der Waals surface area (Å²) in [5, 5.41) is 26.7. The molecule has 0 spiro atoms. The van der Waals surface area contributed by atoms with Crippen molar-refractivity contribution >= 4 is 31.9 Å². The second-order valence-corrected chi connectivity index (χ2v) is 20.8. The first-order valence-electron chi connectivity index (χ1n) is 9.17. The molecule has 0 aliphatic rings. The minimum absolute atomic E-state index is 0.176. The summed E-state index contributed by atoms with van der Waals surface area (Å²) in [6.45, 7) is 21.2. The molecule has 0 aromatic heterocycles. The van der Waals surface area contributed by atoms with Gasteiger partial charge in [0.15, 0.2) is 16.6 Å². The van der Waals surface area contributed by atoms with Crippen molar-refractivity contribution in [1.29, 1.82) is 0 Å². The lowest BCUT2D eigenvalue weighted by Crippen LogP contribution is -2.63. The van der Waals surface area contributed by atoms with Crippen LogP contribution >= 0.6 is 0 Å². The number of aliphatic hydroxyl groups is 2. The maximum absolute atomic E-state index is 10.3. The van der Waals surface area contributed by atoms with Crippen LogP contribution in [0.1, 0.15) is 27.2 Å². The Morgan fingerprint density at radius 2 is 1.52 bits per heavy atom. The molecule has 0 aromatic carbocycles. The summed E-state index contributed by atoms with van der Waals surface area (Å²) >= 11 is 0. The average Bonchev–Trinajstić information content (AvgIpc) is 2.48. The number of rotatable bonds is 11. The SMILES string of the molecule is C=C(C)C(=O)O.CCCOC(C)(C(O)CO)[SiH](O[Si](C)(C)C)O[Si](C)(C)C. The van der Waals surface area contributed by atoms with Gasteiger partial charge in [-0.2, -0.15) is 0 Å². The number of aliphatic carboxylic acids is 1. The zero-order valence-corrected chi connectivity index (χ0v) is 21.6. The van der Waals surface area contributed by atoms with E-state index in [0.29, 0.717) is 6.61 Å². The smallest absolute Gasteiger partial charge is 0.336 e. The molecule has 0 aromatic rings. The van der Waals surface area contributed by atoms with Crippen molar-refractivity contribution in [1.82, 2.24) is 0 Å². The Morgan fingerprint density at radius 3 is 1.74 bits per heavy atom. The highest BCUT2D eigenvalue weighted by molar-refractivity contribution is 6.81. The molecule has 0 aliphatic carbocycles. The summed E-state index contributed by atoms with van der Waals surface area (Å²) in [4.78, 5) is 9.60. The number of hydrogen-bond acceptors (Lipinski definition) is 6. The fraction of sp³-hybridized carbons (Fsp3) is 0.824. The van der Waals surface area contributed by atoms with Crippen LogP contribution in [0.3, 0.4) is 0 Å². The van der Waals surface area contributed by atoms with Gasteiger partial charge in [-0.15, -0.1) is 0 Å². The highest BCUT2D eigenvalue weighted by Crippen LogP contribution is 2.27. The highest BCUT2D eigenvalue weighted by atomic mass is 28.4. The van der Waals surface area contributed by atoms with Crippen LogP contribution in [0.5, 0.6) is 0 Å². The maximum Gasteiger partial charge on any atom is 0.336 e. The Labute approximate surface area is 168 Å². The molecule has 0 radical (unpaired) electrons. The molecule has 0 saturated carbocycles. The number of hydrogen-bond donors (Lipinski definition) is 3. The van der Waals surface area contributed by atoms with Crippen LogP contribution in [-0.4, -0.2) is 71.7 Å². The molecule has 10 heteroatoms. The lowest BCUT2D eigenvalue weighted by atomic mass is 10.2. The molecule has 0 rings (SSSR count). The van der Waals surface area contributed by atoms with E-state index in [1.54, 1.807) is 0 Å². The van der Waals surface area contributed by atoms with Crippen molar-refractivity contribution in [2.75, 3.05) is 13.2 Å². The van der Waals surface area contributed by atoms with Crippen LogP contribution in [0, 0.1) is 0 Å². The van der Waals surface area contributed by atoms with Gasteiger partial charge < -0.3 is 28.3 Å².